The van der Waals surface area contributed by atoms with Gasteiger partial charge in [0.05, 0.1) is 5.51 Å². The molecule has 6 nitrogen and oxygen atoms in total. The fourth-order valence-electron chi connectivity index (χ4n) is 2.93. The predicted octanol–water partition coefficient (Wildman–Crippen LogP) is 4.79. The highest BCUT2D eigenvalue weighted by molar-refractivity contribution is 7.09. The van der Waals surface area contributed by atoms with Crippen LogP contribution in [-0.2, 0) is 6.42 Å². The molecule has 5 rings (SSSR count). The van der Waals surface area contributed by atoms with E-state index in [4.69, 9.17) is 4.74 Å². The lowest BCUT2D eigenvalue weighted by atomic mass is 10.2. The fraction of sp³-hybridized carbons (Fsp3) is 0.0500. The topological polar surface area (TPSA) is 79.5 Å². The molecule has 7 heteroatoms. The second-order valence-corrected chi connectivity index (χ2v) is 7.08. The summed E-state index contributed by atoms with van der Waals surface area (Å²) in [5.74, 6) is 3.01. The number of benzene rings is 2. The summed E-state index contributed by atoms with van der Waals surface area (Å²) in [5.41, 5.74) is 3.81. The molecule has 0 radical (unpaired) electrons. The zero-order valence-electron chi connectivity index (χ0n) is 14.2. The maximum atomic E-state index is 6.02. The molecule has 0 atom stereocenters. The number of ether oxygens (including phenoxy) is 1. The zero-order valence-corrected chi connectivity index (χ0v) is 15.0. The van der Waals surface area contributed by atoms with E-state index in [1.807, 2.05) is 66.4 Å². The van der Waals surface area contributed by atoms with Crippen LogP contribution in [0.2, 0.25) is 0 Å². The van der Waals surface area contributed by atoms with E-state index in [9.17, 15) is 0 Å². The Labute approximate surface area is 158 Å². The van der Waals surface area contributed by atoms with Crippen LogP contribution in [0.4, 0.5) is 0 Å². The molecule has 0 aliphatic carbocycles. The summed E-state index contributed by atoms with van der Waals surface area (Å²) in [6, 6.07) is 15.8. The first kappa shape index (κ1) is 15.8. The minimum Gasteiger partial charge on any atom is -0.457 e. The van der Waals surface area contributed by atoms with E-state index < -0.39 is 0 Å². The molecule has 3 aromatic heterocycles. The van der Waals surface area contributed by atoms with Gasteiger partial charge in [-0.15, -0.1) is 11.3 Å². The summed E-state index contributed by atoms with van der Waals surface area (Å²) < 4.78 is 6.02. The molecule has 2 N–H and O–H groups in total. The fourth-order valence-corrected chi connectivity index (χ4v) is 3.53. The standard InChI is InChI=1S/C20H15N5OS/c1-2-14(20-23-19(24-25-20)10-17-11-21-12-27-17)9-15(3-1)26-16-4-5-18-13(8-16)6-7-22-18/h1-9,11-12,22H,10H2,(H,23,24,25). The van der Waals surface area contributed by atoms with Crippen molar-refractivity contribution < 1.29 is 4.74 Å². The molecule has 0 unspecified atom stereocenters. The third-order valence-corrected chi connectivity index (χ3v) is 4.99. The molecular weight excluding hydrogens is 358 g/mol. The number of rotatable bonds is 5. The van der Waals surface area contributed by atoms with Crippen LogP contribution in [0.5, 0.6) is 11.5 Å². The first-order chi connectivity index (χ1) is 13.3. The average molecular weight is 373 g/mol. The summed E-state index contributed by atoms with van der Waals surface area (Å²) in [5, 5.41) is 8.46. The van der Waals surface area contributed by atoms with Crippen LogP contribution >= 0.6 is 11.3 Å². The van der Waals surface area contributed by atoms with Crippen molar-refractivity contribution in [3.8, 4) is 22.9 Å². The van der Waals surface area contributed by atoms with Gasteiger partial charge >= 0.3 is 0 Å². The highest BCUT2D eigenvalue weighted by Gasteiger charge is 2.09. The third kappa shape index (κ3) is 3.32. The van der Waals surface area contributed by atoms with Gasteiger partial charge in [-0.3, -0.25) is 10.1 Å². The number of nitrogens with zero attached hydrogens (tertiary/aromatic N) is 3. The van der Waals surface area contributed by atoms with E-state index in [2.05, 4.69) is 25.1 Å². The number of aromatic amines is 2. The molecule has 0 saturated carbocycles. The number of hydrogen-bond donors (Lipinski definition) is 2. The van der Waals surface area contributed by atoms with E-state index in [0.29, 0.717) is 12.2 Å². The summed E-state index contributed by atoms with van der Waals surface area (Å²) in [7, 11) is 0. The average Bonchev–Trinajstić information content (AvgIpc) is 3.44. The van der Waals surface area contributed by atoms with E-state index in [0.717, 1.165) is 38.7 Å². The molecule has 27 heavy (non-hydrogen) atoms. The second-order valence-electron chi connectivity index (χ2n) is 6.11. The van der Waals surface area contributed by atoms with E-state index in [1.54, 1.807) is 11.3 Å². The van der Waals surface area contributed by atoms with Gasteiger partial charge in [0.15, 0.2) is 5.82 Å². The minimum atomic E-state index is 0.654. The number of H-pyrrole nitrogens is 2. The molecule has 3 heterocycles. The van der Waals surface area contributed by atoms with Crippen molar-refractivity contribution in [2.75, 3.05) is 0 Å². The van der Waals surface area contributed by atoms with Crippen molar-refractivity contribution in [2.24, 2.45) is 0 Å². The van der Waals surface area contributed by atoms with Gasteiger partial charge in [0.25, 0.3) is 0 Å². The maximum absolute atomic E-state index is 6.02. The third-order valence-electron chi connectivity index (χ3n) is 4.21. The highest BCUT2D eigenvalue weighted by atomic mass is 32.1. The Morgan fingerprint density at radius 1 is 1.04 bits per heavy atom. The monoisotopic (exact) mass is 373 g/mol. The lowest BCUT2D eigenvalue weighted by Gasteiger charge is -2.07. The van der Waals surface area contributed by atoms with Gasteiger partial charge in [-0.1, -0.05) is 12.1 Å². The predicted molar refractivity (Wildman–Crippen MR) is 105 cm³/mol. The smallest absolute Gasteiger partial charge is 0.181 e. The van der Waals surface area contributed by atoms with Crippen molar-refractivity contribution in [1.82, 2.24) is 25.1 Å². The number of fused-ring (bicyclic) bond motifs is 1. The molecule has 0 amide bonds. The molecule has 0 saturated heterocycles. The molecule has 0 fully saturated rings. The zero-order chi connectivity index (χ0) is 18.1. The summed E-state index contributed by atoms with van der Waals surface area (Å²) in [6.07, 6.45) is 4.47. The molecule has 0 aliphatic rings. The van der Waals surface area contributed by atoms with Crippen LogP contribution < -0.4 is 4.74 Å². The molecule has 132 valence electrons. The Hall–Kier alpha value is -3.45. The number of aromatic nitrogens is 5. The van der Waals surface area contributed by atoms with Crippen LogP contribution in [0.25, 0.3) is 22.3 Å². The van der Waals surface area contributed by atoms with E-state index in [-0.39, 0.29) is 0 Å². The van der Waals surface area contributed by atoms with Gasteiger partial charge in [-0.05, 0) is 36.4 Å². The summed E-state index contributed by atoms with van der Waals surface area (Å²) in [6.45, 7) is 0. The minimum absolute atomic E-state index is 0.654. The molecule has 0 spiro atoms. The summed E-state index contributed by atoms with van der Waals surface area (Å²) >= 11 is 1.61. The van der Waals surface area contributed by atoms with Crippen LogP contribution in [0, 0.1) is 0 Å². The lowest BCUT2D eigenvalue weighted by molar-refractivity contribution is 0.483. The Balaban J connectivity index is 1.37. The van der Waals surface area contributed by atoms with Crippen molar-refractivity contribution in [2.45, 2.75) is 6.42 Å². The van der Waals surface area contributed by atoms with Crippen LogP contribution in [0.3, 0.4) is 0 Å². The first-order valence-electron chi connectivity index (χ1n) is 8.47. The Bertz CT molecular complexity index is 1190. The SMILES string of the molecule is c1cc(Oc2ccc3[nH]ccc3c2)cc(-c2n[nH]c(Cc3cncs3)n2)c1. The number of nitrogens with one attached hydrogen (secondary N) is 2. The quantitative estimate of drug-likeness (QED) is 0.464. The Kier molecular flexibility index (Phi) is 3.91. The number of hydrogen-bond acceptors (Lipinski definition) is 5. The molecular formula is C20H15N5OS. The largest absolute Gasteiger partial charge is 0.457 e. The number of thiazole rings is 1. The van der Waals surface area contributed by atoms with Gasteiger partial charge in [0.2, 0.25) is 0 Å². The van der Waals surface area contributed by atoms with Gasteiger partial charge in [-0.25, -0.2) is 4.98 Å². The van der Waals surface area contributed by atoms with E-state index in [1.165, 1.54) is 0 Å². The van der Waals surface area contributed by atoms with Crippen LogP contribution in [0.15, 0.2) is 66.4 Å². The highest BCUT2D eigenvalue weighted by Crippen LogP contribution is 2.28. The first-order valence-corrected chi connectivity index (χ1v) is 9.35. The second kappa shape index (κ2) is 6.69. The van der Waals surface area contributed by atoms with Crippen LogP contribution in [-0.4, -0.2) is 25.1 Å². The molecule has 0 aliphatic heterocycles. The van der Waals surface area contributed by atoms with Crippen molar-refractivity contribution in [3.63, 3.8) is 0 Å². The molecule has 5 aromatic rings. The Morgan fingerprint density at radius 3 is 2.93 bits per heavy atom. The van der Waals surface area contributed by atoms with Crippen molar-refractivity contribution in [3.05, 3.63) is 77.1 Å². The van der Waals surface area contributed by atoms with Crippen molar-refractivity contribution in [1.29, 1.82) is 0 Å². The lowest BCUT2D eigenvalue weighted by Crippen LogP contribution is -1.88. The molecule has 0 bridgehead atoms. The van der Waals surface area contributed by atoms with Gasteiger partial charge < -0.3 is 9.72 Å². The van der Waals surface area contributed by atoms with Gasteiger partial charge in [-0.2, -0.15) is 5.10 Å². The van der Waals surface area contributed by atoms with Crippen molar-refractivity contribution >= 4 is 22.2 Å². The normalized spacial score (nSPS) is 11.1. The van der Waals surface area contributed by atoms with Gasteiger partial charge in [0.1, 0.15) is 17.3 Å². The van der Waals surface area contributed by atoms with Crippen LogP contribution in [0.1, 0.15) is 10.7 Å². The van der Waals surface area contributed by atoms with E-state index >= 15 is 0 Å². The Morgan fingerprint density at radius 2 is 2.00 bits per heavy atom. The summed E-state index contributed by atoms with van der Waals surface area (Å²) in [4.78, 5) is 13.0. The maximum Gasteiger partial charge on any atom is 0.181 e. The molecule has 2 aromatic carbocycles. The van der Waals surface area contributed by atoms with Gasteiger partial charge in [0, 0.05) is 40.2 Å².